The Morgan fingerprint density at radius 1 is 1.15 bits per heavy atom. The van der Waals surface area contributed by atoms with E-state index in [4.69, 9.17) is 5.73 Å². The van der Waals surface area contributed by atoms with Crippen LogP contribution in [0.5, 0.6) is 0 Å². The zero-order valence-electron chi connectivity index (χ0n) is 15.1. The van der Waals surface area contributed by atoms with E-state index in [9.17, 15) is 9.59 Å². The van der Waals surface area contributed by atoms with Crippen molar-refractivity contribution in [3.63, 3.8) is 0 Å². The highest BCUT2D eigenvalue weighted by Gasteiger charge is 2.15. The lowest BCUT2D eigenvalue weighted by molar-refractivity contribution is -0.131. The van der Waals surface area contributed by atoms with Gasteiger partial charge in [0.25, 0.3) is 5.56 Å². The fourth-order valence-electron chi connectivity index (χ4n) is 2.93. The van der Waals surface area contributed by atoms with Gasteiger partial charge in [-0.25, -0.2) is 4.98 Å². The normalized spacial score (nSPS) is 10.4. The van der Waals surface area contributed by atoms with Gasteiger partial charge in [0.05, 0.1) is 17.4 Å². The molecule has 0 bridgehead atoms. The lowest BCUT2D eigenvalue weighted by Crippen LogP contribution is -2.32. The zero-order valence-corrected chi connectivity index (χ0v) is 16.0. The summed E-state index contributed by atoms with van der Waals surface area (Å²) in [5.74, 6) is 0.495. The summed E-state index contributed by atoms with van der Waals surface area (Å²) in [7, 11) is 0. The van der Waals surface area contributed by atoms with Crippen molar-refractivity contribution in [2.24, 2.45) is 0 Å². The van der Waals surface area contributed by atoms with Crippen molar-refractivity contribution in [3.8, 4) is 0 Å². The van der Waals surface area contributed by atoms with E-state index in [0.717, 1.165) is 5.56 Å². The molecule has 0 saturated heterocycles. The maximum atomic E-state index is 12.6. The van der Waals surface area contributed by atoms with Gasteiger partial charge in [0.2, 0.25) is 5.91 Å². The Hall–Kier alpha value is -2.86. The van der Waals surface area contributed by atoms with Crippen molar-refractivity contribution in [2.75, 3.05) is 12.3 Å². The number of nitrogens with two attached hydrogens (primary N) is 1. The predicted molar refractivity (Wildman–Crippen MR) is 110 cm³/mol. The van der Waals surface area contributed by atoms with Crippen LogP contribution in [0, 0.1) is 0 Å². The van der Waals surface area contributed by atoms with Crippen LogP contribution >= 0.6 is 12.4 Å². The predicted octanol–water partition coefficient (Wildman–Crippen LogP) is 2.91. The molecule has 0 unspecified atom stereocenters. The number of aromatic amines is 1. The molecule has 6 nitrogen and oxygen atoms in total. The summed E-state index contributed by atoms with van der Waals surface area (Å²) < 4.78 is 0. The number of carbonyl (C=O) groups excluding carboxylic acids is 1. The molecule has 0 fully saturated rings. The van der Waals surface area contributed by atoms with Gasteiger partial charge in [-0.3, -0.25) is 9.59 Å². The average Bonchev–Trinajstić information content (AvgIpc) is 2.65. The molecule has 0 radical (unpaired) electrons. The number of aryl methyl sites for hydroxylation is 1. The summed E-state index contributed by atoms with van der Waals surface area (Å²) in [5, 5.41) is 0.546. The third-order valence-corrected chi connectivity index (χ3v) is 4.40. The molecule has 0 aliphatic rings. The van der Waals surface area contributed by atoms with Gasteiger partial charge in [-0.2, -0.15) is 0 Å². The second-order valence-electron chi connectivity index (χ2n) is 6.14. The van der Waals surface area contributed by atoms with Crippen LogP contribution in [0.4, 0.5) is 5.69 Å². The van der Waals surface area contributed by atoms with Crippen molar-refractivity contribution in [1.29, 1.82) is 0 Å². The monoisotopic (exact) mass is 386 g/mol. The molecule has 0 atom stereocenters. The Morgan fingerprint density at radius 2 is 1.85 bits per heavy atom. The van der Waals surface area contributed by atoms with Crippen LogP contribution < -0.4 is 11.3 Å². The summed E-state index contributed by atoms with van der Waals surface area (Å²) in [4.78, 5) is 33.7. The van der Waals surface area contributed by atoms with Crippen LogP contribution in [-0.4, -0.2) is 27.3 Å². The summed E-state index contributed by atoms with van der Waals surface area (Å²) in [6.45, 7) is 2.73. The molecular formula is C20H23ClN4O2. The topological polar surface area (TPSA) is 92.1 Å². The largest absolute Gasteiger partial charge is 0.399 e. The number of anilines is 1. The van der Waals surface area contributed by atoms with Crippen LogP contribution in [0.1, 0.15) is 24.7 Å². The second-order valence-corrected chi connectivity index (χ2v) is 6.14. The number of H-pyrrole nitrogens is 1. The third-order valence-electron chi connectivity index (χ3n) is 4.40. The maximum Gasteiger partial charge on any atom is 0.258 e. The number of rotatable bonds is 6. The van der Waals surface area contributed by atoms with Crippen LogP contribution in [0.25, 0.3) is 10.9 Å². The first kappa shape index (κ1) is 20.5. The van der Waals surface area contributed by atoms with Gasteiger partial charge in [-0.1, -0.05) is 30.3 Å². The minimum atomic E-state index is -0.189. The molecule has 0 aliphatic heterocycles. The number of fused-ring (bicyclic) bond motifs is 1. The van der Waals surface area contributed by atoms with E-state index in [0.29, 0.717) is 41.8 Å². The minimum Gasteiger partial charge on any atom is -0.399 e. The first-order chi connectivity index (χ1) is 12.6. The van der Waals surface area contributed by atoms with E-state index in [2.05, 4.69) is 9.97 Å². The van der Waals surface area contributed by atoms with E-state index < -0.39 is 0 Å². The molecule has 1 amide bonds. The summed E-state index contributed by atoms with van der Waals surface area (Å²) >= 11 is 0. The second kappa shape index (κ2) is 9.19. The van der Waals surface area contributed by atoms with E-state index in [-0.39, 0.29) is 30.4 Å². The highest BCUT2D eigenvalue weighted by molar-refractivity contribution is 5.85. The van der Waals surface area contributed by atoms with Crippen molar-refractivity contribution in [3.05, 3.63) is 70.3 Å². The molecule has 0 aliphatic carbocycles. The van der Waals surface area contributed by atoms with Crippen molar-refractivity contribution in [1.82, 2.24) is 14.9 Å². The molecule has 142 valence electrons. The molecule has 1 heterocycles. The third kappa shape index (κ3) is 4.86. The first-order valence-electron chi connectivity index (χ1n) is 8.67. The minimum absolute atomic E-state index is 0. The van der Waals surface area contributed by atoms with Gasteiger partial charge < -0.3 is 15.6 Å². The molecule has 1 aromatic heterocycles. The highest BCUT2D eigenvalue weighted by atomic mass is 35.5. The van der Waals surface area contributed by atoms with E-state index >= 15 is 0 Å². The Kier molecular flexibility index (Phi) is 6.96. The van der Waals surface area contributed by atoms with Crippen LogP contribution in [-0.2, 0) is 17.8 Å². The SMILES string of the molecule is CCN(Cc1nc2ccccc2c(=O)[nH]1)C(=O)CCc1ccccc1N.Cl. The molecule has 3 aromatic rings. The standard InChI is InChI=1S/C20H22N4O2.ClH/c1-2-24(19(25)12-11-14-7-3-5-9-16(14)21)13-18-22-17-10-6-4-8-15(17)20(26)23-18;/h3-10H,2,11-13,21H2,1H3,(H,22,23,26);1H. The number of para-hydroxylation sites is 2. The van der Waals surface area contributed by atoms with Gasteiger partial charge in [-0.15, -0.1) is 12.4 Å². The summed E-state index contributed by atoms with van der Waals surface area (Å²) in [6, 6.07) is 14.7. The molecule has 3 rings (SSSR count). The number of hydrogen-bond donors (Lipinski definition) is 2. The fraction of sp³-hybridized carbons (Fsp3) is 0.250. The summed E-state index contributed by atoms with van der Waals surface area (Å²) in [6.07, 6.45) is 0.948. The Bertz CT molecular complexity index is 987. The molecule has 2 aromatic carbocycles. The Morgan fingerprint density at radius 3 is 2.59 bits per heavy atom. The highest BCUT2D eigenvalue weighted by Crippen LogP contribution is 2.14. The number of nitrogens with zero attached hydrogens (tertiary/aromatic N) is 2. The molecule has 3 N–H and O–H groups in total. The van der Waals surface area contributed by atoms with Crippen LogP contribution in [0.2, 0.25) is 0 Å². The Balaban J connectivity index is 0.00000261. The smallest absolute Gasteiger partial charge is 0.258 e. The van der Waals surface area contributed by atoms with E-state index in [1.165, 1.54) is 0 Å². The number of halogens is 1. The van der Waals surface area contributed by atoms with Crippen molar-refractivity contribution < 1.29 is 4.79 Å². The quantitative estimate of drug-likeness (QED) is 0.637. The molecule has 0 saturated carbocycles. The zero-order chi connectivity index (χ0) is 18.5. The molecule has 7 heteroatoms. The van der Waals surface area contributed by atoms with Gasteiger partial charge in [0.1, 0.15) is 5.82 Å². The number of benzene rings is 2. The lowest BCUT2D eigenvalue weighted by atomic mass is 10.1. The van der Waals surface area contributed by atoms with E-state index in [1.807, 2.05) is 37.3 Å². The summed E-state index contributed by atoms with van der Waals surface area (Å²) in [5.41, 5.74) is 8.04. The number of amides is 1. The van der Waals surface area contributed by atoms with Crippen LogP contribution in [0.3, 0.4) is 0 Å². The number of nitrogens with one attached hydrogen (secondary N) is 1. The van der Waals surface area contributed by atoms with Gasteiger partial charge in [0.15, 0.2) is 0 Å². The van der Waals surface area contributed by atoms with Gasteiger partial charge in [0, 0.05) is 18.7 Å². The fourth-order valence-corrected chi connectivity index (χ4v) is 2.93. The molecule has 0 spiro atoms. The average molecular weight is 387 g/mol. The van der Waals surface area contributed by atoms with Gasteiger partial charge >= 0.3 is 0 Å². The van der Waals surface area contributed by atoms with Crippen LogP contribution in [0.15, 0.2) is 53.3 Å². The maximum absolute atomic E-state index is 12.6. The molecule has 27 heavy (non-hydrogen) atoms. The Labute approximate surface area is 163 Å². The van der Waals surface area contributed by atoms with E-state index in [1.54, 1.807) is 23.1 Å². The number of hydrogen-bond acceptors (Lipinski definition) is 4. The van der Waals surface area contributed by atoms with Gasteiger partial charge in [-0.05, 0) is 37.1 Å². The number of aromatic nitrogens is 2. The van der Waals surface area contributed by atoms with Crippen molar-refractivity contribution in [2.45, 2.75) is 26.3 Å². The number of nitrogen functional groups attached to an aromatic ring is 1. The first-order valence-corrected chi connectivity index (χ1v) is 8.67. The van der Waals surface area contributed by atoms with Crippen molar-refractivity contribution >= 4 is 34.9 Å². The number of carbonyl (C=O) groups is 1. The molecular weight excluding hydrogens is 364 g/mol. The lowest BCUT2D eigenvalue weighted by Gasteiger charge is -2.20.